The monoisotopic (exact) mass is 261 g/mol. The van der Waals surface area contributed by atoms with Gasteiger partial charge in [-0.1, -0.05) is 6.92 Å². The van der Waals surface area contributed by atoms with Crippen molar-refractivity contribution in [2.45, 2.75) is 38.6 Å². The number of aromatic nitrogens is 1. The van der Waals surface area contributed by atoms with Crippen LogP contribution in [-0.4, -0.2) is 42.6 Å². The molecule has 1 aromatic rings. The molecule has 0 radical (unpaired) electrons. The Labute approximate surface area is 117 Å². The second kappa shape index (κ2) is 7.61. The maximum atomic E-state index is 4.06. The van der Waals surface area contributed by atoms with Crippen LogP contribution < -0.4 is 5.32 Å². The van der Waals surface area contributed by atoms with Crippen molar-refractivity contribution < 1.29 is 0 Å². The second-order valence-corrected chi connectivity index (χ2v) is 5.77. The first-order chi connectivity index (χ1) is 9.29. The van der Waals surface area contributed by atoms with E-state index in [0.29, 0.717) is 6.04 Å². The summed E-state index contributed by atoms with van der Waals surface area (Å²) in [6.07, 6.45) is 8.93. The van der Waals surface area contributed by atoms with Crippen molar-refractivity contribution in [2.75, 3.05) is 26.7 Å². The smallest absolute Gasteiger partial charge is 0.0270 e. The van der Waals surface area contributed by atoms with Crippen LogP contribution in [0.1, 0.15) is 31.7 Å². The minimum atomic E-state index is 0.697. The lowest BCUT2D eigenvalue weighted by atomic mass is 10.1. The Kier molecular flexibility index (Phi) is 5.80. The van der Waals surface area contributed by atoms with E-state index in [1.807, 2.05) is 12.4 Å². The Morgan fingerprint density at radius 2 is 2.11 bits per heavy atom. The molecule has 0 aliphatic heterocycles. The number of nitrogens with one attached hydrogen (secondary N) is 1. The summed E-state index contributed by atoms with van der Waals surface area (Å²) < 4.78 is 0. The van der Waals surface area contributed by atoms with Gasteiger partial charge in [0.25, 0.3) is 0 Å². The SMILES string of the molecule is CCCNC(CN(C)CCc1ccncc1)C1CC1. The van der Waals surface area contributed by atoms with Gasteiger partial charge < -0.3 is 10.2 Å². The highest BCUT2D eigenvalue weighted by Gasteiger charge is 2.31. The van der Waals surface area contributed by atoms with E-state index in [2.05, 4.69) is 41.3 Å². The summed E-state index contributed by atoms with van der Waals surface area (Å²) in [5, 5.41) is 3.71. The zero-order chi connectivity index (χ0) is 13.5. The fraction of sp³-hybridized carbons (Fsp3) is 0.688. The van der Waals surface area contributed by atoms with E-state index in [9.17, 15) is 0 Å². The van der Waals surface area contributed by atoms with Crippen molar-refractivity contribution >= 4 is 0 Å². The minimum absolute atomic E-state index is 0.697. The van der Waals surface area contributed by atoms with Crippen molar-refractivity contribution in [3.63, 3.8) is 0 Å². The zero-order valence-corrected chi connectivity index (χ0v) is 12.3. The number of hydrogen-bond donors (Lipinski definition) is 1. The molecule has 3 heteroatoms. The first kappa shape index (κ1) is 14.5. The Bertz CT molecular complexity index is 348. The van der Waals surface area contributed by atoms with Gasteiger partial charge in [-0.05, 0) is 62.9 Å². The van der Waals surface area contributed by atoms with Crippen molar-refractivity contribution in [2.24, 2.45) is 5.92 Å². The maximum Gasteiger partial charge on any atom is 0.0270 e. The molecule has 0 aromatic carbocycles. The van der Waals surface area contributed by atoms with Crippen molar-refractivity contribution in [3.8, 4) is 0 Å². The summed E-state index contributed by atoms with van der Waals surface area (Å²) >= 11 is 0. The Morgan fingerprint density at radius 1 is 1.37 bits per heavy atom. The lowest BCUT2D eigenvalue weighted by Gasteiger charge is -2.25. The van der Waals surface area contributed by atoms with Gasteiger partial charge >= 0.3 is 0 Å². The first-order valence-corrected chi connectivity index (χ1v) is 7.60. The second-order valence-electron chi connectivity index (χ2n) is 5.77. The van der Waals surface area contributed by atoms with Gasteiger partial charge in [-0.15, -0.1) is 0 Å². The fourth-order valence-electron chi connectivity index (χ4n) is 2.51. The van der Waals surface area contributed by atoms with Gasteiger partial charge in [0.2, 0.25) is 0 Å². The van der Waals surface area contributed by atoms with E-state index in [1.54, 1.807) is 0 Å². The standard InChI is InChI=1S/C16H27N3/c1-3-9-18-16(15-4-5-15)13-19(2)12-8-14-6-10-17-11-7-14/h6-7,10-11,15-16,18H,3-5,8-9,12-13H2,1-2H3. The molecule has 0 saturated heterocycles. The molecule has 1 heterocycles. The van der Waals surface area contributed by atoms with Gasteiger partial charge in [0.05, 0.1) is 0 Å². The normalized spacial score (nSPS) is 16.8. The molecule has 0 amide bonds. The molecule has 1 aromatic heterocycles. The molecule has 1 aliphatic carbocycles. The molecule has 1 fully saturated rings. The number of likely N-dealkylation sites (N-methyl/N-ethyl adjacent to an activating group) is 1. The first-order valence-electron chi connectivity index (χ1n) is 7.60. The van der Waals surface area contributed by atoms with Crippen LogP contribution in [0.4, 0.5) is 0 Å². The highest BCUT2D eigenvalue weighted by molar-refractivity contribution is 5.09. The van der Waals surface area contributed by atoms with Crippen molar-refractivity contribution in [1.29, 1.82) is 0 Å². The zero-order valence-electron chi connectivity index (χ0n) is 12.3. The topological polar surface area (TPSA) is 28.2 Å². The van der Waals surface area contributed by atoms with E-state index in [1.165, 1.54) is 31.4 Å². The predicted molar refractivity (Wildman–Crippen MR) is 80.2 cm³/mol. The molecule has 1 unspecified atom stereocenters. The number of pyridine rings is 1. The molecule has 1 saturated carbocycles. The van der Waals surface area contributed by atoms with E-state index >= 15 is 0 Å². The highest BCUT2D eigenvalue weighted by Crippen LogP contribution is 2.32. The van der Waals surface area contributed by atoms with Gasteiger partial charge in [0.15, 0.2) is 0 Å². The van der Waals surface area contributed by atoms with Crippen LogP contribution in [0.5, 0.6) is 0 Å². The highest BCUT2D eigenvalue weighted by atomic mass is 15.1. The van der Waals surface area contributed by atoms with E-state index in [4.69, 9.17) is 0 Å². The average Bonchev–Trinajstić information content (AvgIpc) is 3.27. The van der Waals surface area contributed by atoms with Crippen LogP contribution >= 0.6 is 0 Å². The van der Waals surface area contributed by atoms with Crippen LogP contribution in [0.15, 0.2) is 24.5 Å². The third-order valence-electron chi connectivity index (χ3n) is 3.89. The Hall–Kier alpha value is -0.930. The van der Waals surface area contributed by atoms with Gasteiger partial charge in [0.1, 0.15) is 0 Å². The van der Waals surface area contributed by atoms with Crippen LogP contribution in [0.25, 0.3) is 0 Å². The molecular formula is C16H27N3. The number of nitrogens with zero attached hydrogens (tertiary/aromatic N) is 2. The molecule has 1 atom stereocenters. The van der Waals surface area contributed by atoms with E-state index in [0.717, 1.165) is 25.4 Å². The Balaban J connectivity index is 1.71. The van der Waals surface area contributed by atoms with Crippen molar-refractivity contribution in [1.82, 2.24) is 15.2 Å². The summed E-state index contributed by atoms with van der Waals surface area (Å²) in [7, 11) is 2.24. The van der Waals surface area contributed by atoms with Gasteiger partial charge in [-0.3, -0.25) is 4.98 Å². The summed E-state index contributed by atoms with van der Waals surface area (Å²) in [6.45, 7) is 5.69. The fourth-order valence-corrected chi connectivity index (χ4v) is 2.51. The van der Waals surface area contributed by atoms with Gasteiger partial charge in [-0.25, -0.2) is 0 Å². The molecule has 0 bridgehead atoms. The molecule has 1 N–H and O–H groups in total. The van der Waals surface area contributed by atoms with Gasteiger partial charge in [-0.2, -0.15) is 0 Å². The quantitative estimate of drug-likeness (QED) is 0.739. The molecular weight excluding hydrogens is 234 g/mol. The molecule has 106 valence electrons. The molecule has 0 spiro atoms. The summed E-state index contributed by atoms with van der Waals surface area (Å²) in [5.41, 5.74) is 1.38. The lowest BCUT2D eigenvalue weighted by molar-refractivity contribution is 0.276. The summed E-state index contributed by atoms with van der Waals surface area (Å²) in [5.74, 6) is 0.926. The summed E-state index contributed by atoms with van der Waals surface area (Å²) in [4.78, 5) is 6.53. The Morgan fingerprint density at radius 3 is 2.74 bits per heavy atom. The third-order valence-corrected chi connectivity index (χ3v) is 3.89. The third kappa shape index (κ3) is 5.29. The molecule has 3 nitrogen and oxygen atoms in total. The lowest BCUT2D eigenvalue weighted by Crippen LogP contribution is -2.42. The molecule has 19 heavy (non-hydrogen) atoms. The molecule has 1 aliphatic rings. The van der Waals surface area contributed by atoms with Crippen molar-refractivity contribution in [3.05, 3.63) is 30.1 Å². The molecule has 2 rings (SSSR count). The van der Waals surface area contributed by atoms with Crippen LogP contribution in [0.3, 0.4) is 0 Å². The van der Waals surface area contributed by atoms with E-state index in [-0.39, 0.29) is 0 Å². The predicted octanol–water partition coefficient (Wildman–Crippen LogP) is 2.33. The average molecular weight is 261 g/mol. The summed E-state index contributed by atoms with van der Waals surface area (Å²) in [6, 6.07) is 4.92. The van der Waals surface area contributed by atoms with Crippen LogP contribution in [0.2, 0.25) is 0 Å². The number of rotatable bonds is 9. The maximum absolute atomic E-state index is 4.06. The van der Waals surface area contributed by atoms with Crippen LogP contribution in [0, 0.1) is 5.92 Å². The van der Waals surface area contributed by atoms with Gasteiger partial charge in [0, 0.05) is 31.5 Å². The van der Waals surface area contributed by atoms with E-state index < -0.39 is 0 Å². The minimum Gasteiger partial charge on any atom is -0.312 e. The van der Waals surface area contributed by atoms with Crippen LogP contribution in [-0.2, 0) is 6.42 Å². The number of hydrogen-bond acceptors (Lipinski definition) is 3. The largest absolute Gasteiger partial charge is 0.312 e.